The Morgan fingerprint density at radius 1 is 1.50 bits per heavy atom. The van der Waals surface area contributed by atoms with Gasteiger partial charge in [-0.05, 0) is 31.0 Å². The SMILES string of the molecule is COc1cc(C(=O)NCC2CCCS2(=O)=O)ccc1N. The first-order chi connectivity index (χ1) is 9.44. The average molecular weight is 298 g/mol. The number of anilines is 1. The molecule has 0 radical (unpaired) electrons. The summed E-state index contributed by atoms with van der Waals surface area (Å²) in [4.78, 5) is 12.0. The molecule has 110 valence electrons. The van der Waals surface area contributed by atoms with Gasteiger partial charge in [-0.1, -0.05) is 0 Å². The highest BCUT2D eigenvalue weighted by molar-refractivity contribution is 7.92. The van der Waals surface area contributed by atoms with Gasteiger partial charge in [-0.2, -0.15) is 0 Å². The van der Waals surface area contributed by atoms with Crippen LogP contribution in [0.15, 0.2) is 18.2 Å². The maximum absolute atomic E-state index is 12.0. The minimum Gasteiger partial charge on any atom is -0.495 e. The number of nitrogens with two attached hydrogens (primary N) is 1. The Morgan fingerprint density at radius 2 is 2.25 bits per heavy atom. The summed E-state index contributed by atoms with van der Waals surface area (Å²) >= 11 is 0. The van der Waals surface area contributed by atoms with E-state index in [9.17, 15) is 13.2 Å². The lowest BCUT2D eigenvalue weighted by atomic mass is 10.1. The van der Waals surface area contributed by atoms with E-state index in [1.165, 1.54) is 13.2 Å². The lowest BCUT2D eigenvalue weighted by Crippen LogP contribution is -2.34. The van der Waals surface area contributed by atoms with Crippen molar-refractivity contribution < 1.29 is 17.9 Å². The van der Waals surface area contributed by atoms with E-state index in [0.29, 0.717) is 29.8 Å². The van der Waals surface area contributed by atoms with E-state index in [1.54, 1.807) is 12.1 Å². The number of amides is 1. The molecular weight excluding hydrogens is 280 g/mol. The number of carbonyl (C=O) groups is 1. The molecule has 2 rings (SSSR count). The summed E-state index contributed by atoms with van der Waals surface area (Å²) in [5.41, 5.74) is 6.51. The smallest absolute Gasteiger partial charge is 0.251 e. The second-order valence-electron chi connectivity index (χ2n) is 4.80. The lowest BCUT2D eigenvalue weighted by Gasteiger charge is -2.12. The van der Waals surface area contributed by atoms with Crippen molar-refractivity contribution in [3.63, 3.8) is 0 Å². The fraction of sp³-hybridized carbons (Fsp3) is 0.462. The fourth-order valence-corrected chi connectivity index (χ4v) is 4.01. The molecule has 1 atom stereocenters. The Hall–Kier alpha value is -1.76. The van der Waals surface area contributed by atoms with Crippen molar-refractivity contribution in [3.8, 4) is 5.75 Å². The number of ether oxygens (including phenoxy) is 1. The monoisotopic (exact) mass is 298 g/mol. The normalized spacial score (nSPS) is 20.6. The molecule has 1 aromatic rings. The van der Waals surface area contributed by atoms with E-state index < -0.39 is 15.1 Å². The van der Waals surface area contributed by atoms with Crippen LogP contribution in [0.4, 0.5) is 5.69 Å². The summed E-state index contributed by atoms with van der Waals surface area (Å²) in [6.45, 7) is 0.147. The molecule has 1 fully saturated rings. The van der Waals surface area contributed by atoms with Gasteiger partial charge in [-0.15, -0.1) is 0 Å². The van der Waals surface area contributed by atoms with Crippen molar-refractivity contribution in [1.82, 2.24) is 5.32 Å². The van der Waals surface area contributed by atoms with Gasteiger partial charge in [-0.3, -0.25) is 4.79 Å². The molecule has 0 aromatic heterocycles. The maximum Gasteiger partial charge on any atom is 0.251 e. The van der Waals surface area contributed by atoms with Gasteiger partial charge in [0.2, 0.25) is 0 Å². The molecule has 0 aliphatic carbocycles. The summed E-state index contributed by atoms with van der Waals surface area (Å²) in [7, 11) is -1.57. The van der Waals surface area contributed by atoms with Crippen molar-refractivity contribution in [1.29, 1.82) is 0 Å². The summed E-state index contributed by atoms with van der Waals surface area (Å²) in [6, 6.07) is 4.70. The predicted molar refractivity (Wildman–Crippen MR) is 76.5 cm³/mol. The summed E-state index contributed by atoms with van der Waals surface area (Å²) in [5.74, 6) is 0.306. The highest BCUT2D eigenvalue weighted by Gasteiger charge is 2.31. The number of hydrogen-bond acceptors (Lipinski definition) is 5. The third-order valence-electron chi connectivity index (χ3n) is 3.45. The molecule has 0 spiro atoms. The number of methoxy groups -OCH3 is 1. The largest absolute Gasteiger partial charge is 0.495 e. The molecule has 0 bridgehead atoms. The zero-order valence-corrected chi connectivity index (χ0v) is 12.1. The van der Waals surface area contributed by atoms with Crippen LogP contribution in [0.25, 0.3) is 0 Å². The molecule has 1 heterocycles. The minimum absolute atomic E-state index is 0.147. The number of hydrogen-bond donors (Lipinski definition) is 2. The Labute approximate surface area is 118 Å². The van der Waals surface area contributed by atoms with Crippen LogP contribution < -0.4 is 15.8 Å². The van der Waals surface area contributed by atoms with Gasteiger partial charge < -0.3 is 15.8 Å². The Kier molecular flexibility index (Phi) is 4.17. The van der Waals surface area contributed by atoms with Crippen molar-refractivity contribution in [2.75, 3.05) is 25.1 Å². The van der Waals surface area contributed by atoms with Gasteiger partial charge in [0.05, 0.1) is 23.8 Å². The first-order valence-electron chi connectivity index (χ1n) is 6.37. The zero-order valence-electron chi connectivity index (χ0n) is 11.3. The van der Waals surface area contributed by atoms with E-state index in [2.05, 4.69) is 5.32 Å². The number of nitrogen functional groups attached to an aromatic ring is 1. The molecule has 20 heavy (non-hydrogen) atoms. The Bertz CT molecular complexity index is 613. The third kappa shape index (κ3) is 3.04. The van der Waals surface area contributed by atoms with Crippen LogP contribution in [0.5, 0.6) is 5.75 Å². The fourth-order valence-electron chi connectivity index (χ4n) is 2.25. The number of sulfone groups is 1. The minimum atomic E-state index is -3.04. The van der Waals surface area contributed by atoms with Gasteiger partial charge in [0.25, 0.3) is 5.91 Å². The van der Waals surface area contributed by atoms with Crippen molar-refractivity contribution in [2.24, 2.45) is 0 Å². The number of nitrogens with one attached hydrogen (secondary N) is 1. The third-order valence-corrected chi connectivity index (χ3v) is 5.72. The van der Waals surface area contributed by atoms with Crippen LogP contribution in [-0.2, 0) is 9.84 Å². The molecular formula is C13H18N2O4S. The van der Waals surface area contributed by atoms with Crippen molar-refractivity contribution in [2.45, 2.75) is 18.1 Å². The van der Waals surface area contributed by atoms with Crippen LogP contribution in [0.1, 0.15) is 23.2 Å². The molecule has 1 aliphatic rings. The maximum atomic E-state index is 12.0. The standard InChI is InChI=1S/C13H18N2O4S/c1-19-12-7-9(4-5-11(12)14)13(16)15-8-10-3-2-6-20(10,17)18/h4-5,7,10H,2-3,6,8,14H2,1H3,(H,15,16). The second kappa shape index (κ2) is 5.70. The van der Waals surface area contributed by atoms with Gasteiger partial charge in [-0.25, -0.2) is 8.42 Å². The molecule has 0 saturated carbocycles. The van der Waals surface area contributed by atoms with E-state index in [0.717, 1.165) is 0 Å². The number of benzene rings is 1. The molecule has 1 aliphatic heterocycles. The molecule has 3 N–H and O–H groups in total. The van der Waals surface area contributed by atoms with Crippen LogP contribution >= 0.6 is 0 Å². The van der Waals surface area contributed by atoms with E-state index in [4.69, 9.17) is 10.5 Å². The molecule has 1 aromatic carbocycles. The van der Waals surface area contributed by atoms with Gasteiger partial charge in [0.1, 0.15) is 5.75 Å². The average Bonchev–Trinajstić information content (AvgIpc) is 2.75. The predicted octanol–water partition coefficient (Wildman–Crippen LogP) is 0.584. The first-order valence-corrected chi connectivity index (χ1v) is 8.09. The van der Waals surface area contributed by atoms with Crippen molar-refractivity contribution in [3.05, 3.63) is 23.8 Å². The van der Waals surface area contributed by atoms with Crippen molar-refractivity contribution >= 4 is 21.4 Å². The topological polar surface area (TPSA) is 98.5 Å². The van der Waals surface area contributed by atoms with Crippen LogP contribution in [-0.4, -0.2) is 39.0 Å². The van der Waals surface area contributed by atoms with E-state index in [1.807, 2.05) is 0 Å². The van der Waals surface area contributed by atoms with E-state index in [-0.39, 0.29) is 18.2 Å². The molecule has 6 nitrogen and oxygen atoms in total. The second-order valence-corrected chi connectivity index (χ2v) is 7.20. The summed E-state index contributed by atoms with van der Waals surface area (Å²) in [5, 5.41) is 2.18. The quantitative estimate of drug-likeness (QED) is 0.792. The van der Waals surface area contributed by atoms with Crippen LogP contribution in [0.2, 0.25) is 0 Å². The number of rotatable bonds is 4. The van der Waals surface area contributed by atoms with Crippen LogP contribution in [0, 0.1) is 0 Å². The molecule has 1 unspecified atom stereocenters. The lowest BCUT2D eigenvalue weighted by molar-refractivity contribution is 0.0953. The molecule has 7 heteroatoms. The number of carbonyl (C=O) groups excluding carboxylic acids is 1. The summed E-state index contributed by atoms with van der Waals surface area (Å²) < 4.78 is 28.4. The molecule has 1 amide bonds. The Balaban J connectivity index is 2.02. The van der Waals surface area contributed by atoms with Crippen LogP contribution in [0.3, 0.4) is 0 Å². The highest BCUT2D eigenvalue weighted by atomic mass is 32.2. The zero-order chi connectivity index (χ0) is 14.8. The summed E-state index contributed by atoms with van der Waals surface area (Å²) in [6.07, 6.45) is 1.27. The first kappa shape index (κ1) is 14.6. The highest BCUT2D eigenvalue weighted by Crippen LogP contribution is 2.22. The van der Waals surface area contributed by atoms with Gasteiger partial charge >= 0.3 is 0 Å². The Morgan fingerprint density at radius 3 is 2.85 bits per heavy atom. The van der Waals surface area contributed by atoms with Gasteiger partial charge in [0, 0.05) is 12.1 Å². The van der Waals surface area contributed by atoms with Gasteiger partial charge in [0.15, 0.2) is 9.84 Å². The van der Waals surface area contributed by atoms with E-state index >= 15 is 0 Å². The molecule has 1 saturated heterocycles.